The molecule has 1 aliphatic rings. The van der Waals surface area contributed by atoms with Gasteiger partial charge in [-0.15, -0.1) is 0 Å². The van der Waals surface area contributed by atoms with Gasteiger partial charge in [-0.3, -0.25) is 14.5 Å². The number of imide groups is 1. The lowest BCUT2D eigenvalue weighted by molar-refractivity contribution is -0.140. The smallest absolute Gasteiger partial charge is 0.231 e. The van der Waals surface area contributed by atoms with Crippen LogP contribution in [-0.4, -0.2) is 34.5 Å². The first-order valence-electron chi connectivity index (χ1n) is 3.10. The number of aliphatic hydroxyl groups excluding tert-OH is 1. The third kappa shape index (κ3) is 1.16. The molecule has 4 heteroatoms. The van der Waals surface area contributed by atoms with Crippen LogP contribution in [0.2, 0.25) is 0 Å². The topological polar surface area (TPSA) is 57.6 Å². The van der Waals surface area contributed by atoms with Crippen molar-refractivity contribution < 1.29 is 14.7 Å². The lowest BCUT2D eigenvalue weighted by Crippen LogP contribution is -2.30. The number of aliphatic hydroxyl groups is 1. The quantitative estimate of drug-likeness (QED) is 0.479. The molecule has 0 spiro atoms. The molecule has 0 bridgehead atoms. The van der Waals surface area contributed by atoms with E-state index in [1.807, 2.05) is 0 Å². The van der Waals surface area contributed by atoms with E-state index in [1.165, 1.54) is 6.92 Å². The summed E-state index contributed by atoms with van der Waals surface area (Å²) in [5.74, 6) is -0.568. The van der Waals surface area contributed by atoms with Gasteiger partial charge in [-0.05, 0) is 0 Å². The summed E-state index contributed by atoms with van der Waals surface area (Å²) >= 11 is 0. The van der Waals surface area contributed by atoms with Crippen LogP contribution in [0.25, 0.3) is 0 Å². The lowest BCUT2D eigenvalue weighted by Gasteiger charge is -2.08. The number of nitrogens with zero attached hydrogens (tertiary/aromatic N) is 1. The summed E-state index contributed by atoms with van der Waals surface area (Å²) in [5, 5.41) is 8.90. The Morgan fingerprint density at radius 3 is 2.60 bits per heavy atom. The van der Waals surface area contributed by atoms with Crippen LogP contribution in [0.3, 0.4) is 0 Å². The molecule has 1 saturated heterocycles. The third-order valence-corrected chi connectivity index (χ3v) is 1.48. The zero-order valence-electron chi connectivity index (χ0n) is 5.70. The molecule has 0 aromatic carbocycles. The number of amides is 2. The molecule has 0 unspecified atom stereocenters. The molecule has 1 heterocycles. The molecule has 0 radical (unpaired) electrons. The van der Waals surface area contributed by atoms with Gasteiger partial charge in [-0.2, -0.15) is 0 Å². The first-order valence-corrected chi connectivity index (χ1v) is 3.10. The van der Waals surface area contributed by atoms with E-state index in [0.29, 0.717) is 0 Å². The van der Waals surface area contributed by atoms with E-state index in [1.54, 1.807) is 0 Å². The van der Waals surface area contributed by atoms with Gasteiger partial charge in [0.15, 0.2) is 0 Å². The fourth-order valence-electron chi connectivity index (χ4n) is 0.993. The average molecular weight is 143 g/mol. The standard InChI is InChI=1S/C6H9NO3/c1-4(8)7-3-5(9)2-6(7)10/h5,9H,2-3H2,1H3/t5-/m1/s1. The number of carbonyl (C=O) groups excluding carboxylic acids is 2. The predicted octanol–water partition coefficient (Wildman–Crippen LogP) is -0.874. The Morgan fingerprint density at radius 2 is 2.40 bits per heavy atom. The van der Waals surface area contributed by atoms with Gasteiger partial charge in [-0.25, -0.2) is 0 Å². The first-order chi connectivity index (χ1) is 4.61. The summed E-state index contributed by atoms with van der Waals surface area (Å²) in [5.41, 5.74) is 0. The van der Waals surface area contributed by atoms with Crippen molar-refractivity contribution in [2.45, 2.75) is 19.4 Å². The maximum Gasteiger partial charge on any atom is 0.231 e. The van der Waals surface area contributed by atoms with E-state index >= 15 is 0 Å². The monoisotopic (exact) mass is 143 g/mol. The molecule has 10 heavy (non-hydrogen) atoms. The number of hydrogen-bond acceptors (Lipinski definition) is 3. The van der Waals surface area contributed by atoms with E-state index in [2.05, 4.69) is 0 Å². The average Bonchev–Trinajstić information content (AvgIpc) is 2.10. The van der Waals surface area contributed by atoms with Gasteiger partial charge in [0.1, 0.15) is 0 Å². The van der Waals surface area contributed by atoms with Crippen LogP contribution in [0.15, 0.2) is 0 Å². The van der Waals surface area contributed by atoms with Crippen molar-refractivity contribution in [2.24, 2.45) is 0 Å². The maximum absolute atomic E-state index is 10.8. The molecule has 1 fully saturated rings. The van der Waals surface area contributed by atoms with Crippen molar-refractivity contribution in [3.8, 4) is 0 Å². The van der Waals surface area contributed by atoms with Crippen LogP contribution in [0.1, 0.15) is 13.3 Å². The Hall–Kier alpha value is -0.900. The first kappa shape index (κ1) is 7.21. The van der Waals surface area contributed by atoms with Crippen molar-refractivity contribution in [1.29, 1.82) is 0 Å². The van der Waals surface area contributed by atoms with Gasteiger partial charge in [0.25, 0.3) is 0 Å². The second-order valence-corrected chi connectivity index (χ2v) is 2.38. The van der Waals surface area contributed by atoms with Crippen LogP contribution in [0.5, 0.6) is 0 Å². The molecule has 0 aromatic rings. The molecule has 1 rings (SSSR count). The number of β-amino-alcohol motifs (C(OH)–C–C–N with tert-alkyl or cyclic N) is 1. The highest BCUT2D eigenvalue weighted by Gasteiger charge is 2.30. The normalized spacial score (nSPS) is 25.6. The van der Waals surface area contributed by atoms with Crippen molar-refractivity contribution in [3.05, 3.63) is 0 Å². The van der Waals surface area contributed by atoms with Gasteiger partial charge >= 0.3 is 0 Å². The minimum absolute atomic E-state index is 0.0829. The molecule has 4 nitrogen and oxygen atoms in total. The van der Waals surface area contributed by atoms with Gasteiger partial charge < -0.3 is 5.11 Å². The van der Waals surface area contributed by atoms with E-state index in [9.17, 15) is 9.59 Å². The fourth-order valence-corrected chi connectivity index (χ4v) is 0.993. The van der Waals surface area contributed by atoms with Crippen molar-refractivity contribution in [1.82, 2.24) is 4.90 Å². The number of rotatable bonds is 0. The second-order valence-electron chi connectivity index (χ2n) is 2.38. The van der Waals surface area contributed by atoms with Gasteiger partial charge in [0, 0.05) is 6.92 Å². The lowest BCUT2D eigenvalue weighted by atomic mass is 10.3. The minimum Gasteiger partial charge on any atom is -0.391 e. The molecule has 1 N–H and O–H groups in total. The Morgan fingerprint density at radius 1 is 1.80 bits per heavy atom. The summed E-state index contributed by atoms with van der Waals surface area (Å²) in [6, 6.07) is 0. The van der Waals surface area contributed by atoms with Crippen LogP contribution < -0.4 is 0 Å². The van der Waals surface area contributed by atoms with E-state index in [4.69, 9.17) is 5.11 Å². The molecule has 2 amide bonds. The zero-order chi connectivity index (χ0) is 7.72. The number of hydrogen-bond donors (Lipinski definition) is 1. The molecular formula is C6H9NO3. The Balaban J connectivity index is 2.63. The molecule has 56 valence electrons. The number of carbonyl (C=O) groups is 2. The molecular weight excluding hydrogens is 134 g/mol. The minimum atomic E-state index is -0.656. The Kier molecular flexibility index (Phi) is 1.72. The van der Waals surface area contributed by atoms with E-state index in [0.717, 1.165) is 4.90 Å². The second kappa shape index (κ2) is 2.38. The van der Waals surface area contributed by atoms with E-state index in [-0.39, 0.29) is 24.8 Å². The van der Waals surface area contributed by atoms with E-state index < -0.39 is 6.10 Å². The molecule has 0 aromatic heterocycles. The van der Waals surface area contributed by atoms with Crippen molar-refractivity contribution >= 4 is 11.8 Å². The van der Waals surface area contributed by atoms with Gasteiger partial charge in [0.05, 0.1) is 19.1 Å². The molecule has 0 aliphatic carbocycles. The fraction of sp³-hybridized carbons (Fsp3) is 0.667. The zero-order valence-corrected chi connectivity index (χ0v) is 5.70. The Labute approximate surface area is 58.4 Å². The number of likely N-dealkylation sites (tertiary alicyclic amines) is 1. The third-order valence-electron chi connectivity index (χ3n) is 1.48. The van der Waals surface area contributed by atoms with Crippen molar-refractivity contribution in [2.75, 3.05) is 6.54 Å². The Bertz CT molecular complexity index is 178. The highest BCUT2D eigenvalue weighted by Crippen LogP contribution is 2.09. The van der Waals surface area contributed by atoms with Gasteiger partial charge in [-0.1, -0.05) is 0 Å². The van der Waals surface area contributed by atoms with Crippen LogP contribution >= 0.6 is 0 Å². The largest absolute Gasteiger partial charge is 0.391 e. The molecule has 1 atom stereocenters. The van der Waals surface area contributed by atoms with Crippen LogP contribution in [0.4, 0.5) is 0 Å². The summed E-state index contributed by atoms with van der Waals surface area (Å²) in [6.07, 6.45) is -0.573. The molecule has 0 saturated carbocycles. The highest BCUT2D eigenvalue weighted by atomic mass is 16.3. The van der Waals surface area contributed by atoms with Crippen LogP contribution in [-0.2, 0) is 9.59 Å². The van der Waals surface area contributed by atoms with Gasteiger partial charge in [0.2, 0.25) is 11.8 Å². The van der Waals surface area contributed by atoms with Crippen LogP contribution in [0, 0.1) is 0 Å². The highest BCUT2D eigenvalue weighted by molar-refractivity contribution is 5.95. The SMILES string of the molecule is CC(=O)N1C[C@H](O)CC1=O. The van der Waals surface area contributed by atoms with Crippen molar-refractivity contribution in [3.63, 3.8) is 0 Å². The maximum atomic E-state index is 10.8. The predicted molar refractivity (Wildman–Crippen MR) is 33.0 cm³/mol. The summed E-state index contributed by atoms with van der Waals surface area (Å²) in [7, 11) is 0. The summed E-state index contributed by atoms with van der Waals surface area (Å²) < 4.78 is 0. The summed E-state index contributed by atoms with van der Waals surface area (Å²) in [6.45, 7) is 1.48. The summed E-state index contributed by atoms with van der Waals surface area (Å²) in [4.78, 5) is 22.4. The molecule has 1 aliphatic heterocycles.